The van der Waals surface area contributed by atoms with Gasteiger partial charge in [0.1, 0.15) is 35.4 Å². The quantitative estimate of drug-likeness (QED) is 0.176. The van der Waals surface area contributed by atoms with E-state index in [1.54, 1.807) is 12.1 Å². The molecule has 0 N–H and O–H groups in total. The summed E-state index contributed by atoms with van der Waals surface area (Å²) in [6.45, 7) is 17.0. The van der Waals surface area contributed by atoms with Crippen molar-refractivity contribution in [2.45, 2.75) is 79.6 Å². The van der Waals surface area contributed by atoms with Gasteiger partial charge >= 0.3 is 0 Å². The maximum Gasteiger partial charge on any atom is 0.145 e. The van der Waals surface area contributed by atoms with Crippen LogP contribution in [0.4, 0.5) is 11.4 Å². The highest BCUT2D eigenvalue weighted by Gasteiger charge is 2.20. The highest BCUT2D eigenvalue weighted by molar-refractivity contribution is 5.92. The zero-order chi connectivity index (χ0) is 35.6. The molecule has 2 aromatic carbocycles. The topological polar surface area (TPSA) is 102 Å². The zero-order valence-electron chi connectivity index (χ0n) is 28.6. The Morgan fingerprint density at radius 3 is 1.25 bits per heavy atom. The zero-order valence-corrected chi connectivity index (χ0v) is 28.6. The standard InChI is InChI=1S/C42H36N6/c1-31(2)47(32(3)4)39-23-19-35(20-24-39)17-15-13-11-9-10-12-14-16-18-41(37(27-43)28-44)42(38(29-45)30-46)36-21-25-40(26-22-36)48(33(5)6)34(7)8/h19-26,31-34H,1-8H3. The Kier molecular flexibility index (Phi) is 14.8. The van der Waals surface area contributed by atoms with Gasteiger partial charge in [0.15, 0.2) is 0 Å². The maximum atomic E-state index is 9.74. The molecule has 6 heteroatoms. The van der Waals surface area contributed by atoms with E-state index in [1.165, 1.54) is 0 Å². The highest BCUT2D eigenvalue weighted by atomic mass is 15.2. The Bertz CT molecular complexity index is 1990. The van der Waals surface area contributed by atoms with E-state index in [0.717, 1.165) is 16.9 Å². The van der Waals surface area contributed by atoms with Gasteiger partial charge in [-0.15, -0.1) is 0 Å². The average molecular weight is 625 g/mol. The van der Waals surface area contributed by atoms with Crippen molar-refractivity contribution in [2.24, 2.45) is 0 Å². The van der Waals surface area contributed by atoms with Gasteiger partial charge in [-0.05, 0) is 151 Å². The number of benzene rings is 2. The number of nitrogens with zero attached hydrogens (tertiary/aromatic N) is 6. The lowest BCUT2D eigenvalue weighted by Gasteiger charge is -2.33. The van der Waals surface area contributed by atoms with Gasteiger partial charge < -0.3 is 9.80 Å². The largest absolute Gasteiger partial charge is 0.367 e. The summed E-state index contributed by atoms with van der Waals surface area (Å²) in [6, 6.07) is 23.9. The fourth-order valence-electron chi connectivity index (χ4n) is 5.22. The van der Waals surface area contributed by atoms with Crippen LogP contribution < -0.4 is 9.80 Å². The van der Waals surface area contributed by atoms with E-state index >= 15 is 0 Å². The van der Waals surface area contributed by atoms with Gasteiger partial charge in [0.25, 0.3) is 0 Å². The third-order valence-electron chi connectivity index (χ3n) is 6.87. The molecule has 2 rings (SSSR count). The molecule has 2 aromatic rings. The van der Waals surface area contributed by atoms with Gasteiger partial charge in [0, 0.05) is 46.7 Å². The van der Waals surface area contributed by atoms with Crippen LogP contribution in [-0.2, 0) is 0 Å². The predicted octanol–water partition coefficient (Wildman–Crippen LogP) is 7.14. The summed E-state index contributed by atoms with van der Waals surface area (Å²) in [7, 11) is 0. The molecule has 0 saturated heterocycles. The lowest BCUT2D eigenvalue weighted by Crippen LogP contribution is -2.36. The van der Waals surface area contributed by atoms with Crippen molar-refractivity contribution in [2.75, 3.05) is 9.80 Å². The summed E-state index contributed by atoms with van der Waals surface area (Å²) in [4.78, 5) is 4.55. The number of hydrogen-bond acceptors (Lipinski definition) is 6. The monoisotopic (exact) mass is 624 g/mol. The van der Waals surface area contributed by atoms with Gasteiger partial charge in [-0.2, -0.15) is 21.0 Å². The molecule has 0 radical (unpaired) electrons. The lowest BCUT2D eigenvalue weighted by atomic mass is 9.90. The molecule has 0 aliphatic rings. The molecule has 0 amide bonds. The van der Waals surface area contributed by atoms with Crippen LogP contribution in [0.25, 0.3) is 5.57 Å². The minimum absolute atomic E-state index is 0.0677. The van der Waals surface area contributed by atoms with Gasteiger partial charge in [-0.1, -0.05) is 18.1 Å². The molecule has 0 aliphatic carbocycles. The van der Waals surface area contributed by atoms with E-state index in [0.29, 0.717) is 17.6 Å². The summed E-state index contributed by atoms with van der Waals surface area (Å²) in [5, 5.41) is 38.8. The fourth-order valence-corrected chi connectivity index (χ4v) is 5.22. The minimum atomic E-state index is -0.348. The molecular formula is C42H36N6. The second-order valence-electron chi connectivity index (χ2n) is 11.5. The first-order valence-corrected chi connectivity index (χ1v) is 15.4. The molecule has 0 atom stereocenters. The van der Waals surface area contributed by atoms with Crippen molar-refractivity contribution in [3.63, 3.8) is 0 Å². The van der Waals surface area contributed by atoms with E-state index in [9.17, 15) is 21.0 Å². The van der Waals surface area contributed by atoms with E-state index in [1.807, 2.05) is 48.5 Å². The van der Waals surface area contributed by atoms with E-state index < -0.39 is 0 Å². The van der Waals surface area contributed by atoms with Gasteiger partial charge in [0.05, 0.1) is 5.57 Å². The lowest BCUT2D eigenvalue weighted by molar-refractivity contribution is 0.608. The summed E-state index contributed by atoms with van der Waals surface area (Å²) in [6.07, 6.45) is 0. The van der Waals surface area contributed by atoms with Crippen LogP contribution in [-0.4, -0.2) is 24.2 Å². The Labute approximate surface area is 286 Å². The van der Waals surface area contributed by atoms with Crippen LogP contribution in [0.15, 0.2) is 65.3 Å². The molecule has 0 aromatic heterocycles. The van der Waals surface area contributed by atoms with Crippen molar-refractivity contribution >= 4 is 16.9 Å². The first kappa shape index (κ1) is 37.5. The predicted molar refractivity (Wildman–Crippen MR) is 193 cm³/mol. The molecule has 0 unspecified atom stereocenters. The smallest absolute Gasteiger partial charge is 0.145 e. The average Bonchev–Trinajstić information content (AvgIpc) is 3.05. The summed E-state index contributed by atoms with van der Waals surface area (Å²) >= 11 is 0. The molecular weight excluding hydrogens is 589 g/mol. The second-order valence-corrected chi connectivity index (χ2v) is 11.5. The molecule has 48 heavy (non-hydrogen) atoms. The Hall–Kier alpha value is -6.72. The molecule has 0 spiro atoms. The first-order chi connectivity index (χ1) is 23.0. The Balaban J connectivity index is 2.36. The molecule has 0 saturated carbocycles. The summed E-state index contributed by atoms with van der Waals surface area (Å²) < 4.78 is 0. The van der Waals surface area contributed by atoms with Gasteiger partial charge in [0.2, 0.25) is 0 Å². The van der Waals surface area contributed by atoms with Crippen molar-refractivity contribution in [1.82, 2.24) is 0 Å². The molecule has 234 valence electrons. The van der Waals surface area contributed by atoms with Crippen molar-refractivity contribution in [3.8, 4) is 83.5 Å². The van der Waals surface area contributed by atoms with E-state index in [4.69, 9.17) is 0 Å². The van der Waals surface area contributed by atoms with E-state index in [2.05, 4.69) is 137 Å². The highest BCUT2D eigenvalue weighted by Crippen LogP contribution is 2.31. The van der Waals surface area contributed by atoms with Crippen LogP contribution >= 0.6 is 0 Å². The van der Waals surface area contributed by atoms with Crippen molar-refractivity contribution < 1.29 is 0 Å². The molecule has 0 heterocycles. The van der Waals surface area contributed by atoms with E-state index in [-0.39, 0.29) is 34.4 Å². The first-order valence-electron chi connectivity index (χ1n) is 15.4. The normalized spacial score (nSPS) is 9.08. The number of rotatable bonds is 8. The van der Waals surface area contributed by atoms with Crippen molar-refractivity contribution in [1.29, 1.82) is 21.0 Å². The third-order valence-corrected chi connectivity index (χ3v) is 6.87. The van der Waals surface area contributed by atoms with Gasteiger partial charge in [-0.25, -0.2) is 0 Å². The van der Waals surface area contributed by atoms with Gasteiger partial charge in [-0.3, -0.25) is 0 Å². The molecule has 6 nitrogen and oxygen atoms in total. The number of hydrogen-bond donors (Lipinski definition) is 0. The van der Waals surface area contributed by atoms with Crippen LogP contribution in [0.2, 0.25) is 0 Å². The fraction of sp³-hybridized carbons (Fsp3) is 0.286. The minimum Gasteiger partial charge on any atom is -0.367 e. The second kappa shape index (κ2) is 18.9. The Morgan fingerprint density at radius 2 is 0.854 bits per heavy atom. The van der Waals surface area contributed by atoms with Crippen LogP contribution in [0, 0.1) is 105 Å². The summed E-state index contributed by atoms with van der Waals surface area (Å²) in [5.41, 5.74) is 2.78. The molecule has 0 aliphatic heterocycles. The Morgan fingerprint density at radius 1 is 0.479 bits per heavy atom. The SMILES string of the molecule is CC(C)N(c1ccc(C#CC#CC#CC#CC#CC(=C(C#N)C#N)C(=C(C#N)C#N)c2ccc(N(C(C)C)C(C)C)cc2)cc1)C(C)C. The third kappa shape index (κ3) is 10.4. The maximum absolute atomic E-state index is 9.74. The molecule has 0 fully saturated rings. The van der Waals surface area contributed by atoms with Crippen LogP contribution in [0.5, 0.6) is 0 Å². The summed E-state index contributed by atoms with van der Waals surface area (Å²) in [5.74, 6) is 26.6. The van der Waals surface area contributed by atoms with Crippen LogP contribution in [0.1, 0.15) is 66.5 Å². The number of anilines is 2. The van der Waals surface area contributed by atoms with Crippen LogP contribution in [0.3, 0.4) is 0 Å². The number of allylic oxidation sites excluding steroid dienone is 4. The van der Waals surface area contributed by atoms with Crippen molar-refractivity contribution in [3.05, 3.63) is 76.4 Å². The molecule has 0 bridgehead atoms. The number of nitriles is 4.